The van der Waals surface area contributed by atoms with E-state index < -0.39 is 6.17 Å². The van der Waals surface area contributed by atoms with Crippen LogP contribution in [0.3, 0.4) is 0 Å². The van der Waals surface area contributed by atoms with E-state index in [1.165, 1.54) is 5.56 Å². The van der Waals surface area contributed by atoms with E-state index in [-0.39, 0.29) is 6.04 Å². The summed E-state index contributed by atoms with van der Waals surface area (Å²) in [4.78, 5) is 0. The molecule has 1 aliphatic rings. The molecule has 0 radical (unpaired) electrons. The maximum Gasteiger partial charge on any atom is 0.115 e. The third kappa shape index (κ3) is 2.29. The smallest absolute Gasteiger partial charge is 0.115 e. The minimum atomic E-state index is -0.626. The van der Waals surface area contributed by atoms with Crippen LogP contribution < -0.4 is 5.32 Å². The minimum absolute atomic E-state index is 0.0971. The lowest BCUT2D eigenvalue weighted by Crippen LogP contribution is -2.32. The van der Waals surface area contributed by atoms with Crippen LogP contribution in [0.1, 0.15) is 24.8 Å². The Bertz CT molecular complexity index is 247. The molecule has 1 nitrogen and oxygen atoms in total. The van der Waals surface area contributed by atoms with Gasteiger partial charge in [-0.3, -0.25) is 0 Å². The molecule has 1 aromatic rings. The SMILES string of the molecule is F[C@H]1CCC[C@H]1NCc1ccsc1. The predicted octanol–water partition coefficient (Wildman–Crippen LogP) is 2.73. The molecule has 1 fully saturated rings. The first kappa shape index (κ1) is 9.16. The lowest BCUT2D eigenvalue weighted by atomic mass is 10.2. The Balaban J connectivity index is 1.79. The van der Waals surface area contributed by atoms with Crippen LogP contribution in [0.4, 0.5) is 4.39 Å². The van der Waals surface area contributed by atoms with Gasteiger partial charge in [0.2, 0.25) is 0 Å². The van der Waals surface area contributed by atoms with E-state index in [0.29, 0.717) is 0 Å². The zero-order valence-electron chi connectivity index (χ0n) is 7.50. The van der Waals surface area contributed by atoms with E-state index in [0.717, 1.165) is 25.8 Å². The fourth-order valence-corrected chi connectivity index (χ4v) is 2.46. The Morgan fingerprint density at radius 2 is 2.46 bits per heavy atom. The molecule has 2 rings (SSSR count). The summed E-state index contributed by atoms with van der Waals surface area (Å²) >= 11 is 1.69. The summed E-state index contributed by atoms with van der Waals surface area (Å²) in [5.74, 6) is 0. The molecular weight excluding hydrogens is 185 g/mol. The van der Waals surface area contributed by atoms with Crippen molar-refractivity contribution in [2.75, 3.05) is 0 Å². The summed E-state index contributed by atoms with van der Waals surface area (Å²) in [7, 11) is 0. The molecule has 3 heteroatoms. The molecule has 1 aromatic heterocycles. The van der Waals surface area contributed by atoms with Crippen molar-refractivity contribution in [3.8, 4) is 0 Å². The van der Waals surface area contributed by atoms with Crippen molar-refractivity contribution in [3.05, 3.63) is 22.4 Å². The molecule has 1 saturated carbocycles. The molecule has 1 aliphatic carbocycles. The molecule has 1 heterocycles. The Labute approximate surface area is 82.0 Å². The van der Waals surface area contributed by atoms with Gasteiger partial charge < -0.3 is 5.32 Å². The van der Waals surface area contributed by atoms with Crippen LogP contribution in [-0.4, -0.2) is 12.2 Å². The third-order valence-corrected chi connectivity index (χ3v) is 3.31. The summed E-state index contributed by atoms with van der Waals surface area (Å²) in [6.07, 6.45) is 2.13. The summed E-state index contributed by atoms with van der Waals surface area (Å²) in [6, 6.07) is 2.18. The van der Waals surface area contributed by atoms with Crippen molar-refractivity contribution >= 4 is 11.3 Å². The number of rotatable bonds is 3. The molecule has 2 atom stereocenters. The highest BCUT2D eigenvalue weighted by molar-refractivity contribution is 7.07. The molecule has 0 unspecified atom stereocenters. The fourth-order valence-electron chi connectivity index (χ4n) is 1.79. The van der Waals surface area contributed by atoms with Gasteiger partial charge in [-0.15, -0.1) is 0 Å². The molecule has 1 N–H and O–H groups in total. The van der Waals surface area contributed by atoms with E-state index in [9.17, 15) is 4.39 Å². The van der Waals surface area contributed by atoms with Crippen molar-refractivity contribution in [2.24, 2.45) is 0 Å². The van der Waals surface area contributed by atoms with E-state index in [4.69, 9.17) is 0 Å². The highest BCUT2D eigenvalue weighted by Gasteiger charge is 2.25. The number of hydrogen-bond acceptors (Lipinski definition) is 2. The molecule has 72 valence electrons. The molecule has 0 bridgehead atoms. The number of hydrogen-bond donors (Lipinski definition) is 1. The van der Waals surface area contributed by atoms with E-state index in [2.05, 4.69) is 22.1 Å². The first-order valence-corrected chi connectivity index (χ1v) is 5.69. The van der Waals surface area contributed by atoms with Gasteiger partial charge in [-0.2, -0.15) is 11.3 Å². The van der Waals surface area contributed by atoms with Crippen LogP contribution in [0.5, 0.6) is 0 Å². The van der Waals surface area contributed by atoms with Crippen LogP contribution in [0.15, 0.2) is 16.8 Å². The average molecular weight is 199 g/mol. The summed E-state index contributed by atoms with van der Waals surface area (Å²) in [5, 5.41) is 7.43. The summed E-state index contributed by atoms with van der Waals surface area (Å²) < 4.78 is 13.2. The highest BCUT2D eigenvalue weighted by atomic mass is 32.1. The van der Waals surface area contributed by atoms with Crippen LogP contribution in [-0.2, 0) is 6.54 Å². The Morgan fingerprint density at radius 3 is 3.08 bits per heavy atom. The average Bonchev–Trinajstić information content (AvgIpc) is 2.72. The Morgan fingerprint density at radius 1 is 1.54 bits per heavy atom. The lowest BCUT2D eigenvalue weighted by Gasteiger charge is -2.13. The molecule has 0 saturated heterocycles. The second kappa shape index (κ2) is 4.20. The van der Waals surface area contributed by atoms with E-state index in [1.807, 2.05) is 0 Å². The van der Waals surface area contributed by atoms with Gasteiger partial charge in [0.25, 0.3) is 0 Å². The number of thiophene rings is 1. The van der Waals surface area contributed by atoms with Crippen molar-refractivity contribution in [2.45, 2.75) is 38.0 Å². The van der Waals surface area contributed by atoms with Gasteiger partial charge in [0.05, 0.1) is 0 Å². The second-order valence-electron chi connectivity index (χ2n) is 3.57. The normalized spacial score (nSPS) is 28.1. The maximum atomic E-state index is 13.2. The largest absolute Gasteiger partial charge is 0.307 e. The number of nitrogens with one attached hydrogen (secondary N) is 1. The topological polar surface area (TPSA) is 12.0 Å². The standard InChI is InChI=1S/C10H14FNS/c11-9-2-1-3-10(9)12-6-8-4-5-13-7-8/h4-5,7,9-10,12H,1-3,6H2/t9-,10+/m0/s1. The van der Waals surface area contributed by atoms with Gasteiger partial charge in [0.1, 0.15) is 6.17 Å². The number of alkyl halides is 1. The fraction of sp³-hybridized carbons (Fsp3) is 0.600. The Hall–Kier alpha value is -0.410. The van der Waals surface area contributed by atoms with Crippen LogP contribution in [0.2, 0.25) is 0 Å². The van der Waals surface area contributed by atoms with E-state index >= 15 is 0 Å². The second-order valence-corrected chi connectivity index (χ2v) is 4.35. The van der Waals surface area contributed by atoms with Gasteiger partial charge in [-0.1, -0.05) is 0 Å². The summed E-state index contributed by atoms with van der Waals surface area (Å²) in [5.41, 5.74) is 1.27. The van der Waals surface area contributed by atoms with Gasteiger partial charge in [0, 0.05) is 12.6 Å². The van der Waals surface area contributed by atoms with Gasteiger partial charge in [0.15, 0.2) is 0 Å². The molecule has 0 aliphatic heterocycles. The zero-order valence-corrected chi connectivity index (χ0v) is 8.32. The van der Waals surface area contributed by atoms with E-state index in [1.54, 1.807) is 11.3 Å². The van der Waals surface area contributed by atoms with Gasteiger partial charge in [-0.25, -0.2) is 4.39 Å². The molecule has 13 heavy (non-hydrogen) atoms. The van der Waals surface area contributed by atoms with Gasteiger partial charge in [-0.05, 0) is 41.7 Å². The van der Waals surface area contributed by atoms with Crippen LogP contribution >= 0.6 is 11.3 Å². The molecular formula is C10H14FNS. The minimum Gasteiger partial charge on any atom is -0.307 e. The molecule has 0 spiro atoms. The lowest BCUT2D eigenvalue weighted by molar-refractivity contribution is 0.279. The maximum absolute atomic E-state index is 13.2. The van der Waals surface area contributed by atoms with Crippen molar-refractivity contribution in [3.63, 3.8) is 0 Å². The first-order chi connectivity index (χ1) is 6.36. The zero-order chi connectivity index (χ0) is 9.10. The highest BCUT2D eigenvalue weighted by Crippen LogP contribution is 2.22. The molecule has 0 aromatic carbocycles. The number of halogens is 1. The Kier molecular flexibility index (Phi) is 2.96. The third-order valence-electron chi connectivity index (χ3n) is 2.58. The van der Waals surface area contributed by atoms with Crippen molar-refractivity contribution in [1.29, 1.82) is 0 Å². The predicted molar refractivity (Wildman–Crippen MR) is 53.7 cm³/mol. The van der Waals surface area contributed by atoms with Crippen LogP contribution in [0.25, 0.3) is 0 Å². The monoisotopic (exact) mass is 199 g/mol. The van der Waals surface area contributed by atoms with Crippen molar-refractivity contribution < 1.29 is 4.39 Å². The van der Waals surface area contributed by atoms with Crippen LogP contribution in [0, 0.1) is 0 Å². The van der Waals surface area contributed by atoms with Gasteiger partial charge >= 0.3 is 0 Å². The van der Waals surface area contributed by atoms with Crippen molar-refractivity contribution in [1.82, 2.24) is 5.32 Å². The first-order valence-electron chi connectivity index (χ1n) is 4.75. The molecule has 0 amide bonds. The summed E-state index contributed by atoms with van der Waals surface area (Å²) in [6.45, 7) is 0.814. The quantitative estimate of drug-likeness (QED) is 0.789.